The van der Waals surface area contributed by atoms with Gasteiger partial charge in [-0.1, -0.05) is 37.1 Å². The molecule has 2 saturated carbocycles. The summed E-state index contributed by atoms with van der Waals surface area (Å²) in [6.45, 7) is 0.265. The van der Waals surface area contributed by atoms with E-state index in [1.165, 1.54) is 17.0 Å². The van der Waals surface area contributed by atoms with E-state index < -0.39 is 68.3 Å². The minimum Gasteiger partial charge on any atom is -0.344 e. The molecule has 3 N–H and O–H groups in total. The molecule has 3 fully saturated rings. The van der Waals surface area contributed by atoms with Crippen molar-refractivity contribution in [2.24, 2.45) is 5.92 Å². The second-order valence-electron chi connectivity index (χ2n) is 12.2. The Bertz CT molecular complexity index is 1430. The summed E-state index contributed by atoms with van der Waals surface area (Å²) >= 11 is 0. The van der Waals surface area contributed by atoms with Gasteiger partial charge in [0, 0.05) is 12.5 Å². The minimum atomic E-state index is -4.50. The topological polar surface area (TPSA) is 142 Å². The van der Waals surface area contributed by atoms with Crippen LogP contribution in [0.4, 0.5) is 13.2 Å². The van der Waals surface area contributed by atoms with Gasteiger partial charge >= 0.3 is 6.18 Å². The van der Waals surface area contributed by atoms with Gasteiger partial charge in [-0.25, -0.2) is 8.42 Å². The molecule has 5 rings (SSSR count). The van der Waals surface area contributed by atoms with Gasteiger partial charge < -0.3 is 15.5 Å². The monoisotopic (exact) mass is 638 g/mol. The molecule has 2 aliphatic heterocycles. The third kappa shape index (κ3) is 7.27. The van der Waals surface area contributed by atoms with Crippen molar-refractivity contribution in [1.29, 1.82) is 0 Å². The van der Waals surface area contributed by atoms with Crippen molar-refractivity contribution >= 4 is 33.7 Å². The SMILES string of the molecule is O=C(Cc1ccc(C(F)(F)F)cc1)N[C@H]1CCCCCC=C[C@@H]2C[C@@]2(C(=O)NS(=O)(=O)C2CC2)NC(=O)[C@@H]2CCCN2C1=O. The zero-order valence-electron chi connectivity index (χ0n) is 24.2. The molecule has 4 amide bonds. The standard InChI is InChI=1S/C30H37F3N4O6S/c31-30(32,33)20-12-10-19(11-13-20)17-25(38)34-23-8-5-3-1-2-4-7-21-18-29(21,28(41)36-44(42,43)22-14-15-22)35-26(39)24-9-6-16-37(24)27(23)40/h4,7,10-13,21-24H,1-3,5-6,8-9,14-18H2,(H,34,38)(H,35,39)(H,36,41)/t21-,23+,24+,29-/m1/s1. The van der Waals surface area contributed by atoms with Crippen molar-refractivity contribution in [3.05, 3.63) is 47.5 Å². The molecule has 10 nitrogen and oxygen atoms in total. The molecule has 44 heavy (non-hydrogen) atoms. The maximum absolute atomic E-state index is 13.8. The van der Waals surface area contributed by atoms with E-state index in [-0.39, 0.29) is 25.3 Å². The van der Waals surface area contributed by atoms with Crippen LogP contribution < -0.4 is 15.4 Å². The van der Waals surface area contributed by atoms with Gasteiger partial charge in [0.25, 0.3) is 5.91 Å². The number of nitrogens with zero attached hydrogens (tertiary/aromatic N) is 1. The number of allylic oxidation sites excluding steroid dienone is 1. The third-order valence-electron chi connectivity index (χ3n) is 8.81. The Hall–Kier alpha value is -3.42. The summed E-state index contributed by atoms with van der Waals surface area (Å²) in [6.07, 6.45) is 4.23. The van der Waals surface area contributed by atoms with Crippen LogP contribution in [-0.4, -0.2) is 66.4 Å². The molecule has 0 unspecified atom stereocenters. The summed E-state index contributed by atoms with van der Waals surface area (Å²) in [6, 6.07) is 2.40. The highest BCUT2D eigenvalue weighted by Gasteiger charge is 2.61. The maximum Gasteiger partial charge on any atom is 0.416 e. The quantitative estimate of drug-likeness (QED) is 0.410. The predicted octanol–water partition coefficient (Wildman–Crippen LogP) is 2.73. The van der Waals surface area contributed by atoms with Crippen molar-refractivity contribution in [3.63, 3.8) is 0 Å². The van der Waals surface area contributed by atoms with Crippen LogP contribution in [0.2, 0.25) is 0 Å². The Morgan fingerprint density at radius 1 is 1.00 bits per heavy atom. The molecule has 4 atom stereocenters. The average molecular weight is 639 g/mol. The minimum absolute atomic E-state index is 0.223. The number of fused-ring (bicyclic) bond motifs is 2. The van der Waals surface area contributed by atoms with Gasteiger partial charge in [0.05, 0.1) is 17.2 Å². The second kappa shape index (κ2) is 12.5. The van der Waals surface area contributed by atoms with Crippen LogP contribution in [0, 0.1) is 5.92 Å². The largest absolute Gasteiger partial charge is 0.416 e. The normalized spacial score (nSPS) is 28.2. The van der Waals surface area contributed by atoms with E-state index in [2.05, 4.69) is 15.4 Å². The fourth-order valence-corrected chi connectivity index (χ4v) is 7.38. The number of carbonyl (C=O) groups excluding carboxylic acids is 4. The zero-order valence-corrected chi connectivity index (χ0v) is 25.0. The lowest BCUT2D eigenvalue weighted by Crippen LogP contribution is -2.58. The first-order chi connectivity index (χ1) is 20.8. The molecule has 14 heteroatoms. The van der Waals surface area contributed by atoms with Crippen molar-refractivity contribution in [2.75, 3.05) is 6.54 Å². The molecule has 0 bridgehead atoms. The number of sulfonamides is 1. The van der Waals surface area contributed by atoms with Crippen LogP contribution in [0.1, 0.15) is 75.3 Å². The number of hydrogen-bond acceptors (Lipinski definition) is 6. The van der Waals surface area contributed by atoms with Crippen LogP contribution in [0.15, 0.2) is 36.4 Å². The van der Waals surface area contributed by atoms with Gasteiger partial charge in [-0.15, -0.1) is 0 Å². The number of rotatable bonds is 6. The highest BCUT2D eigenvalue weighted by atomic mass is 32.2. The molecule has 2 heterocycles. The van der Waals surface area contributed by atoms with E-state index >= 15 is 0 Å². The second-order valence-corrected chi connectivity index (χ2v) is 14.2. The van der Waals surface area contributed by atoms with E-state index in [9.17, 15) is 40.8 Å². The fourth-order valence-electron chi connectivity index (χ4n) is 6.02. The molecule has 1 aromatic carbocycles. The molecule has 240 valence electrons. The van der Waals surface area contributed by atoms with Crippen LogP contribution in [0.5, 0.6) is 0 Å². The number of halogens is 3. The molecule has 1 aromatic rings. The van der Waals surface area contributed by atoms with Gasteiger partial charge in [-0.3, -0.25) is 23.9 Å². The van der Waals surface area contributed by atoms with Crippen LogP contribution in [0.3, 0.4) is 0 Å². The number of hydrogen-bond donors (Lipinski definition) is 3. The number of nitrogens with one attached hydrogen (secondary N) is 3. The van der Waals surface area contributed by atoms with E-state index in [1.54, 1.807) is 0 Å². The Kier molecular flexibility index (Phi) is 9.11. The summed E-state index contributed by atoms with van der Waals surface area (Å²) in [5.41, 5.74) is -1.90. The van der Waals surface area contributed by atoms with Gasteiger partial charge in [-0.05, 0) is 69.1 Å². The van der Waals surface area contributed by atoms with Crippen molar-refractivity contribution in [2.45, 2.75) is 99.7 Å². The molecule has 2 aliphatic carbocycles. The van der Waals surface area contributed by atoms with E-state index in [0.717, 1.165) is 25.0 Å². The Labute approximate surface area is 254 Å². The van der Waals surface area contributed by atoms with Crippen molar-refractivity contribution in [3.8, 4) is 0 Å². The van der Waals surface area contributed by atoms with Crippen LogP contribution in [-0.2, 0) is 41.8 Å². The van der Waals surface area contributed by atoms with Gasteiger partial charge in [-0.2, -0.15) is 13.2 Å². The molecule has 0 aromatic heterocycles. The van der Waals surface area contributed by atoms with Gasteiger partial charge in [0.15, 0.2) is 0 Å². The lowest BCUT2D eigenvalue weighted by Gasteiger charge is -2.30. The van der Waals surface area contributed by atoms with Crippen LogP contribution >= 0.6 is 0 Å². The van der Waals surface area contributed by atoms with Crippen LogP contribution in [0.25, 0.3) is 0 Å². The average Bonchev–Trinajstić information content (AvgIpc) is 3.87. The van der Waals surface area contributed by atoms with Gasteiger partial charge in [0.1, 0.15) is 17.6 Å². The number of carbonyl (C=O) groups is 4. The number of amides is 4. The molecule has 4 aliphatic rings. The molecule has 0 spiro atoms. The molecular formula is C30H37F3N4O6S. The third-order valence-corrected chi connectivity index (χ3v) is 10.6. The van der Waals surface area contributed by atoms with E-state index in [0.29, 0.717) is 50.5 Å². The summed E-state index contributed by atoms with van der Waals surface area (Å²) in [7, 11) is -3.84. The molecule has 0 radical (unpaired) electrons. The maximum atomic E-state index is 13.8. The Morgan fingerprint density at radius 2 is 1.73 bits per heavy atom. The van der Waals surface area contributed by atoms with Crippen molar-refractivity contribution < 1.29 is 40.8 Å². The van der Waals surface area contributed by atoms with Gasteiger partial charge in [0.2, 0.25) is 27.7 Å². The Morgan fingerprint density at radius 3 is 2.41 bits per heavy atom. The lowest BCUT2D eigenvalue weighted by atomic mass is 10.0. The highest BCUT2D eigenvalue weighted by Crippen LogP contribution is 2.46. The van der Waals surface area contributed by atoms with E-state index in [1.807, 2.05) is 12.2 Å². The summed E-state index contributed by atoms with van der Waals surface area (Å²) in [4.78, 5) is 55.0. The molecule has 1 saturated heterocycles. The van der Waals surface area contributed by atoms with Crippen molar-refractivity contribution in [1.82, 2.24) is 20.3 Å². The lowest BCUT2D eigenvalue weighted by molar-refractivity contribution is -0.142. The van der Waals surface area contributed by atoms with E-state index in [4.69, 9.17) is 0 Å². The summed E-state index contributed by atoms with van der Waals surface area (Å²) < 4.78 is 65.9. The smallest absolute Gasteiger partial charge is 0.344 e. The fraction of sp³-hybridized carbons (Fsp3) is 0.600. The summed E-state index contributed by atoms with van der Waals surface area (Å²) in [5.74, 6) is -2.69. The first-order valence-electron chi connectivity index (χ1n) is 15.1. The zero-order chi connectivity index (χ0) is 31.7. The predicted molar refractivity (Wildman–Crippen MR) is 153 cm³/mol. The number of alkyl halides is 3. The summed E-state index contributed by atoms with van der Waals surface area (Å²) in [5, 5.41) is 4.92. The highest BCUT2D eigenvalue weighted by molar-refractivity contribution is 7.91. The Balaban J connectivity index is 1.30. The first-order valence-corrected chi connectivity index (χ1v) is 16.7. The number of benzene rings is 1. The molecular weight excluding hydrogens is 601 g/mol. The first kappa shape index (κ1) is 32.0.